The first kappa shape index (κ1) is 21.7. The molecule has 0 saturated heterocycles. The van der Waals surface area contributed by atoms with Crippen molar-refractivity contribution in [2.24, 2.45) is 5.73 Å². The highest BCUT2D eigenvalue weighted by Crippen LogP contribution is 2.34. The summed E-state index contributed by atoms with van der Waals surface area (Å²) in [5, 5.41) is 0. The van der Waals surface area contributed by atoms with Gasteiger partial charge in [0.2, 0.25) is 0 Å². The van der Waals surface area contributed by atoms with Gasteiger partial charge in [0.05, 0.1) is 20.1 Å². The number of hydrogen-bond donors (Lipinski definition) is 1. The van der Waals surface area contributed by atoms with Crippen LogP contribution >= 0.6 is 12.4 Å². The SMILES string of the molecule is C=CCCOc1cccc(C)c1-c1cccc([C@@H](N)CC(=O)OC)c1.Cl. The molecule has 26 heavy (non-hydrogen) atoms. The Labute approximate surface area is 161 Å². The number of carbonyl (C=O) groups is 1. The van der Waals surface area contributed by atoms with E-state index < -0.39 is 6.04 Å². The normalized spacial score (nSPS) is 11.2. The molecule has 0 unspecified atom stereocenters. The minimum Gasteiger partial charge on any atom is -0.493 e. The van der Waals surface area contributed by atoms with E-state index in [-0.39, 0.29) is 24.8 Å². The van der Waals surface area contributed by atoms with Gasteiger partial charge in [-0.05, 0) is 42.2 Å². The maximum atomic E-state index is 11.5. The third-order valence-corrected chi connectivity index (χ3v) is 4.03. The quantitative estimate of drug-likeness (QED) is 0.416. The molecule has 2 aromatic carbocycles. The third-order valence-electron chi connectivity index (χ3n) is 4.03. The minimum absolute atomic E-state index is 0. The zero-order chi connectivity index (χ0) is 18.2. The molecule has 0 spiro atoms. The van der Waals surface area contributed by atoms with Crippen LogP contribution in [0.4, 0.5) is 0 Å². The predicted molar refractivity (Wildman–Crippen MR) is 108 cm³/mol. The first-order chi connectivity index (χ1) is 12.1. The van der Waals surface area contributed by atoms with E-state index in [4.69, 9.17) is 15.2 Å². The Morgan fingerprint density at radius 1 is 1.27 bits per heavy atom. The molecule has 0 radical (unpaired) electrons. The van der Waals surface area contributed by atoms with Gasteiger partial charge in [-0.3, -0.25) is 4.79 Å². The van der Waals surface area contributed by atoms with E-state index in [1.54, 1.807) is 0 Å². The molecular weight excluding hydrogens is 350 g/mol. The molecular formula is C21H26ClNO3. The first-order valence-electron chi connectivity index (χ1n) is 8.32. The lowest BCUT2D eigenvalue weighted by molar-refractivity contribution is -0.141. The van der Waals surface area contributed by atoms with E-state index in [2.05, 4.69) is 19.6 Å². The van der Waals surface area contributed by atoms with Crippen molar-refractivity contribution in [1.82, 2.24) is 0 Å². The summed E-state index contributed by atoms with van der Waals surface area (Å²) in [5.74, 6) is 0.516. The molecule has 140 valence electrons. The van der Waals surface area contributed by atoms with Crippen LogP contribution in [0.1, 0.15) is 30.0 Å². The van der Waals surface area contributed by atoms with Crippen LogP contribution < -0.4 is 10.5 Å². The molecule has 0 bridgehead atoms. The maximum absolute atomic E-state index is 11.5. The van der Waals surface area contributed by atoms with Crippen molar-refractivity contribution in [3.05, 3.63) is 66.2 Å². The third kappa shape index (κ3) is 5.61. The van der Waals surface area contributed by atoms with Crippen LogP contribution in [0.2, 0.25) is 0 Å². The van der Waals surface area contributed by atoms with E-state index in [9.17, 15) is 4.79 Å². The standard InChI is InChI=1S/C21H25NO3.ClH/c1-4-5-12-25-19-11-6-8-15(2)21(19)17-10-7-9-16(13-17)18(22)14-20(23)24-3;/h4,6-11,13,18H,1,5,12,14,22H2,2-3H3;1H/t18-;/m0./s1. The van der Waals surface area contributed by atoms with Crippen molar-refractivity contribution in [2.45, 2.75) is 25.8 Å². The molecule has 0 aliphatic heterocycles. The molecule has 0 heterocycles. The fourth-order valence-corrected chi connectivity index (χ4v) is 2.69. The van der Waals surface area contributed by atoms with E-state index in [0.29, 0.717) is 6.61 Å². The molecule has 0 aromatic heterocycles. The molecule has 0 aliphatic rings. The molecule has 5 heteroatoms. The average Bonchev–Trinajstić information content (AvgIpc) is 2.62. The van der Waals surface area contributed by atoms with E-state index in [1.807, 2.05) is 42.5 Å². The van der Waals surface area contributed by atoms with Crippen LogP contribution in [0.15, 0.2) is 55.1 Å². The molecule has 0 fully saturated rings. The summed E-state index contributed by atoms with van der Waals surface area (Å²) in [5.41, 5.74) is 10.2. The number of halogens is 1. The van der Waals surface area contributed by atoms with Crippen molar-refractivity contribution in [1.29, 1.82) is 0 Å². The average molecular weight is 376 g/mol. The Hall–Kier alpha value is -2.30. The highest BCUT2D eigenvalue weighted by atomic mass is 35.5. The van der Waals surface area contributed by atoms with Gasteiger partial charge in [-0.15, -0.1) is 19.0 Å². The molecule has 2 N–H and O–H groups in total. The molecule has 0 saturated carbocycles. The van der Waals surface area contributed by atoms with E-state index >= 15 is 0 Å². The topological polar surface area (TPSA) is 61.5 Å². The monoisotopic (exact) mass is 375 g/mol. The molecule has 4 nitrogen and oxygen atoms in total. The van der Waals surface area contributed by atoms with Gasteiger partial charge in [-0.2, -0.15) is 0 Å². The Balaban J connectivity index is 0.00000338. The Bertz CT molecular complexity index is 746. The zero-order valence-electron chi connectivity index (χ0n) is 15.2. The van der Waals surface area contributed by atoms with Gasteiger partial charge in [0.25, 0.3) is 0 Å². The van der Waals surface area contributed by atoms with Crippen molar-refractivity contribution >= 4 is 18.4 Å². The lowest BCUT2D eigenvalue weighted by Crippen LogP contribution is -2.16. The molecule has 0 amide bonds. The fourth-order valence-electron chi connectivity index (χ4n) is 2.69. The zero-order valence-corrected chi connectivity index (χ0v) is 16.1. The smallest absolute Gasteiger partial charge is 0.307 e. The number of nitrogens with two attached hydrogens (primary N) is 1. The lowest BCUT2D eigenvalue weighted by Gasteiger charge is -2.16. The first-order valence-corrected chi connectivity index (χ1v) is 8.32. The second kappa shape index (κ2) is 10.6. The Kier molecular flexibility index (Phi) is 8.90. The molecule has 1 atom stereocenters. The van der Waals surface area contributed by atoms with Crippen molar-refractivity contribution < 1.29 is 14.3 Å². The number of carbonyl (C=O) groups excluding carboxylic acids is 1. The van der Waals surface area contributed by atoms with Gasteiger partial charge in [0.15, 0.2) is 0 Å². The van der Waals surface area contributed by atoms with Gasteiger partial charge < -0.3 is 15.2 Å². The van der Waals surface area contributed by atoms with E-state index in [0.717, 1.165) is 34.4 Å². The van der Waals surface area contributed by atoms with Gasteiger partial charge in [0, 0.05) is 11.6 Å². The van der Waals surface area contributed by atoms with Gasteiger partial charge in [-0.1, -0.05) is 36.4 Å². The van der Waals surface area contributed by atoms with Crippen LogP contribution in [-0.4, -0.2) is 19.7 Å². The number of methoxy groups -OCH3 is 1. The van der Waals surface area contributed by atoms with Gasteiger partial charge in [-0.25, -0.2) is 0 Å². The summed E-state index contributed by atoms with van der Waals surface area (Å²) in [7, 11) is 1.37. The minimum atomic E-state index is -0.401. The van der Waals surface area contributed by atoms with Crippen LogP contribution in [-0.2, 0) is 9.53 Å². The number of esters is 1. The Morgan fingerprint density at radius 2 is 2.00 bits per heavy atom. The summed E-state index contributed by atoms with van der Waals surface area (Å²) < 4.78 is 10.6. The number of ether oxygens (including phenoxy) is 2. The van der Waals surface area contributed by atoms with Gasteiger partial charge >= 0.3 is 5.97 Å². The number of hydrogen-bond acceptors (Lipinski definition) is 4. The lowest BCUT2D eigenvalue weighted by atomic mass is 9.95. The van der Waals surface area contributed by atoms with Crippen molar-refractivity contribution in [2.75, 3.05) is 13.7 Å². The number of rotatable bonds is 8. The van der Waals surface area contributed by atoms with E-state index in [1.165, 1.54) is 7.11 Å². The number of benzene rings is 2. The summed E-state index contributed by atoms with van der Waals surface area (Å²) in [6.45, 7) is 6.36. The largest absolute Gasteiger partial charge is 0.493 e. The number of aryl methyl sites for hydroxylation is 1. The van der Waals surface area contributed by atoms with Crippen LogP contribution in [0.25, 0.3) is 11.1 Å². The fraction of sp³-hybridized carbons (Fsp3) is 0.286. The maximum Gasteiger partial charge on any atom is 0.307 e. The predicted octanol–water partition coefficient (Wildman–Crippen LogP) is 4.60. The molecule has 0 aliphatic carbocycles. The summed E-state index contributed by atoms with van der Waals surface area (Å²) >= 11 is 0. The second-order valence-electron chi connectivity index (χ2n) is 5.89. The summed E-state index contributed by atoms with van der Waals surface area (Å²) in [4.78, 5) is 11.5. The Morgan fingerprint density at radius 3 is 2.69 bits per heavy atom. The molecule has 2 aromatic rings. The summed E-state index contributed by atoms with van der Waals surface area (Å²) in [6, 6.07) is 13.5. The summed E-state index contributed by atoms with van der Waals surface area (Å²) in [6.07, 6.45) is 2.77. The highest BCUT2D eigenvalue weighted by molar-refractivity contribution is 5.85. The van der Waals surface area contributed by atoms with Crippen LogP contribution in [0.5, 0.6) is 5.75 Å². The van der Waals surface area contributed by atoms with Crippen LogP contribution in [0.3, 0.4) is 0 Å². The molecule has 2 rings (SSSR count). The van der Waals surface area contributed by atoms with Gasteiger partial charge in [0.1, 0.15) is 5.75 Å². The van der Waals surface area contributed by atoms with Crippen LogP contribution in [0, 0.1) is 6.92 Å². The van der Waals surface area contributed by atoms with Crippen molar-refractivity contribution in [3.63, 3.8) is 0 Å². The highest BCUT2D eigenvalue weighted by Gasteiger charge is 2.15. The van der Waals surface area contributed by atoms with Crippen molar-refractivity contribution in [3.8, 4) is 16.9 Å². The second-order valence-corrected chi connectivity index (χ2v) is 5.89.